The Morgan fingerprint density at radius 2 is 2.00 bits per heavy atom. The van der Waals surface area contributed by atoms with Crippen LogP contribution in [-0.2, 0) is 0 Å². The molecule has 0 amide bonds. The van der Waals surface area contributed by atoms with Crippen molar-refractivity contribution in [1.29, 1.82) is 0 Å². The first-order valence-corrected chi connectivity index (χ1v) is 7.09. The molecule has 3 rings (SSSR count). The topological polar surface area (TPSA) is 59.3 Å². The molecule has 1 atom stereocenters. The molecule has 2 aromatic rings. The van der Waals surface area contributed by atoms with E-state index in [2.05, 4.69) is 41.1 Å². The van der Waals surface area contributed by atoms with Crippen LogP contribution >= 0.6 is 0 Å². The molecule has 1 saturated heterocycles. The quantitative estimate of drug-likeness (QED) is 0.637. The van der Waals surface area contributed by atoms with E-state index >= 15 is 0 Å². The van der Waals surface area contributed by atoms with Gasteiger partial charge in [0, 0.05) is 12.6 Å². The number of aromatic nitrogens is 1. The Hall–Kier alpha value is -2.43. The lowest BCUT2D eigenvalue weighted by molar-refractivity contribution is -0.385. The molecule has 108 valence electrons. The molecule has 5 nitrogen and oxygen atoms in total. The van der Waals surface area contributed by atoms with E-state index in [0.717, 1.165) is 25.2 Å². The van der Waals surface area contributed by atoms with E-state index in [0.29, 0.717) is 6.04 Å². The molecule has 1 aliphatic heterocycles. The highest BCUT2D eigenvalue weighted by Crippen LogP contribution is 2.35. The number of hydrogen-bond donors (Lipinski definition) is 0. The molecule has 0 aliphatic carbocycles. The largest absolute Gasteiger partial charge is 0.350 e. The molecule has 1 aromatic carbocycles. The van der Waals surface area contributed by atoms with Crippen LogP contribution in [0, 0.1) is 17.0 Å². The monoisotopic (exact) mass is 283 g/mol. The van der Waals surface area contributed by atoms with Gasteiger partial charge in [-0.15, -0.1) is 0 Å². The molecule has 0 radical (unpaired) electrons. The molecular weight excluding hydrogens is 266 g/mol. The molecule has 5 heteroatoms. The van der Waals surface area contributed by atoms with Crippen molar-refractivity contribution in [2.75, 3.05) is 11.4 Å². The number of hydrogen-bond acceptors (Lipinski definition) is 4. The third kappa shape index (κ3) is 2.72. The van der Waals surface area contributed by atoms with E-state index in [1.165, 1.54) is 23.4 Å². The fraction of sp³-hybridized carbons (Fsp3) is 0.312. The second kappa shape index (κ2) is 5.52. The fourth-order valence-corrected chi connectivity index (χ4v) is 2.83. The molecular formula is C16H17N3O2. The van der Waals surface area contributed by atoms with Gasteiger partial charge in [0.1, 0.15) is 12.0 Å². The lowest BCUT2D eigenvalue weighted by Crippen LogP contribution is -2.23. The third-order valence-electron chi connectivity index (χ3n) is 3.95. The molecule has 0 bridgehead atoms. The van der Waals surface area contributed by atoms with E-state index in [-0.39, 0.29) is 5.69 Å². The number of anilines is 1. The van der Waals surface area contributed by atoms with Crippen molar-refractivity contribution in [2.24, 2.45) is 0 Å². The average molecular weight is 283 g/mol. The number of nitrogens with zero attached hydrogens (tertiary/aromatic N) is 3. The van der Waals surface area contributed by atoms with Gasteiger partial charge in [-0.1, -0.05) is 29.8 Å². The number of benzene rings is 1. The van der Waals surface area contributed by atoms with Crippen LogP contribution in [0.15, 0.2) is 42.6 Å². The summed E-state index contributed by atoms with van der Waals surface area (Å²) in [5.41, 5.74) is 2.56. The van der Waals surface area contributed by atoms with Crippen molar-refractivity contribution in [1.82, 2.24) is 4.98 Å². The standard InChI is InChI=1S/C16H17N3O2/c1-12-4-6-13(7-5-12)15-3-2-10-18(15)16-9-8-14(11-17-16)19(20)21/h4-9,11,15H,2-3,10H2,1H3/t15-/m1/s1. The second-order valence-corrected chi connectivity index (χ2v) is 5.39. The Kier molecular flexibility index (Phi) is 3.56. The average Bonchev–Trinajstić information content (AvgIpc) is 2.97. The molecule has 0 spiro atoms. The van der Waals surface area contributed by atoms with Crippen LogP contribution < -0.4 is 4.90 Å². The van der Waals surface area contributed by atoms with Crippen molar-refractivity contribution in [2.45, 2.75) is 25.8 Å². The van der Waals surface area contributed by atoms with Crippen molar-refractivity contribution in [3.05, 3.63) is 63.8 Å². The van der Waals surface area contributed by atoms with Gasteiger partial charge in [0.2, 0.25) is 0 Å². The van der Waals surface area contributed by atoms with Gasteiger partial charge in [0.25, 0.3) is 5.69 Å². The third-order valence-corrected chi connectivity index (χ3v) is 3.95. The van der Waals surface area contributed by atoms with Crippen molar-refractivity contribution < 1.29 is 4.92 Å². The molecule has 1 aromatic heterocycles. The van der Waals surface area contributed by atoms with Crippen LogP contribution in [0.2, 0.25) is 0 Å². The van der Waals surface area contributed by atoms with Crippen molar-refractivity contribution in [3.8, 4) is 0 Å². The zero-order chi connectivity index (χ0) is 14.8. The summed E-state index contributed by atoms with van der Waals surface area (Å²) in [6, 6.07) is 12.1. The number of aryl methyl sites for hydroxylation is 1. The van der Waals surface area contributed by atoms with E-state index in [9.17, 15) is 10.1 Å². The predicted molar refractivity (Wildman–Crippen MR) is 81.4 cm³/mol. The highest BCUT2D eigenvalue weighted by atomic mass is 16.6. The Morgan fingerprint density at radius 1 is 1.24 bits per heavy atom. The Balaban J connectivity index is 1.86. The summed E-state index contributed by atoms with van der Waals surface area (Å²) in [7, 11) is 0. The summed E-state index contributed by atoms with van der Waals surface area (Å²) >= 11 is 0. The fourth-order valence-electron chi connectivity index (χ4n) is 2.83. The van der Waals surface area contributed by atoms with E-state index in [1.807, 2.05) is 0 Å². The van der Waals surface area contributed by atoms with E-state index < -0.39 is 4.92 Å². The maximum Gasteiger partial charge on any atom is 0.287 e. The summed E-state index contributed by atoms with van der Waals surface area (Å²) < 4.78 is 0. The molecule has 1 aliphatic rings. The summed E-state index contributed by atoms with van der Waals surface area (Å²) in [5.74, 6) is 0.809. The number of nitro groups is 1. The smallest absolute Gasteiger partial charge is 0.287 e. The van der Waals surface area contributed by atoms with Gasteiger partial charge in [-0.25, -0.2) is 4.98 Å². The van der Waals surface area contributed by atoms with Crippen LogP contribution in [0.3, 0.4) is 0 Å². The molecule has 21 heavy (non-hydrogen) atoms. The summed E-state index contributed by atoms with van der Waals surface area (Å²) in [4.78, 5) is 16.8. The summed E-state index contributed by atoms with van der Waals surface area (Å²) in [5, 5.41) is 10.7. The summed E-state index contributed by atoms with van der Waals surface area (Å²) in [6.07, 6.45) is 3.53. The lowest BCUT2D eigenvalue weighted by atomic mass is 10.0. The minimum atomic E-state index is -0.418. The highest BCUT2D eigenvalue weighted by molar-refractivity contribution is 5.47. The van der Waals surface area contributed by atoms with Crippen LogP contribution in [0.1, 0.15) is 30.0 Å². The van der Waals surface area contributed by atoms with Gasteiger partial charge >= 0.3 is 0 Å². The van der Waals surface area contributed by atoms with Crippen molar-refractivity contribution in [3.63, 3.8) is 0 Å². The van der Waals surface area contributed by atoms with Gasteiger partial charge in [-0.2, -0.15) is 0 Å². The van der Waals surface area contributed by atoms with Gasteiger partial charge < -0.3 is 4.90 Å². The Labute approximate surface area is 123 Å². The zero-order valence-corrected chi connectivity index (χ0v) is 11.9. The molecule has 2 heterocycles. The highest BCUT2D eigenvalue weighted by Gasteiger charge is 2.27. The Morgan fingerprint density at radius 3 is 2.62 bits per heavy atom. The minimum absolute atomic E-state index is 0.0323. The van der Waals surface area contributed by atoms with Crippen LogP contribution in [-0.4, -0.2) is 16.5 Å². The van der Waals surface area contributed by atoms with Crippen LogP contribution in [0.4, 0.5) is 11.5 Å². The summed E-state index contributed by atoms with van der Waals surface area (Å²) in [6.45, 7) is 3.01. The molecule has 0 N–H and O–H groups in total. The predicted octanol–water partition coefficient (Wildman–Crippen LogP) is 3.64. The van der Waals surface area contributed by atoms with Gasteiger partial charge in [-0.05, 0) is 31.4 Å². The normalized spacial score (nSPS) is 18.0. The lowest BCUT2D eigenvalue weighted by Gasteiger charge is -2.26. The SMILES string of the molecule is Cc1ccc([C@H]2CCCN2c2ccc([N+](=O)[O-])cn2)cc1. The van der Waals surface area contributed by atoms with Crippen LogP contribution in [0.25, 0.3) is 0 Å². The number of pyridine rings is 1. The zero-order valence-electron chi connectivity index (χ0n) is 11.9. The second-order valence-electron chi connectivity index (χ2n) is 5.39. The number of rotatable bonds is 3. The first-order chi connectivity index (χ1) is 10.1. The Bertz CT molecular complexity index is 638. The van der Waals surface area contributed by atoms with E-state index in [1.54, 1.807) is 6.07 Å². The van der Waals surface area contributed by atoms with Crippen molar-refractivity contribution >= 4 is 11.5 Å². The van der Waals surface area contributed by atoms with Gasteiger partial charge in [0.05, 0.1) is 11.0 Å². The first-order valence-electron chi connectivity index (χ1n) is 7.09. The maximum absolute atomic E-state index is 10.7. The molecule has 1 fully saturated rings. The van der Waals surface area contributed by atoms with Gasteiger partial charge in [0.15, 0.2) is 0 Å². The van der Waals surface area contributed by atoms with Crippen LogP contribution in [0.5, 0.6) is 0 Å². The molecule has 0 unspecified atom stereocenters. The molecule has 0 saturated carbocycles. The van der Waals surface area contributed by atoms with Gasteiger partial charge in [-0.3, -0.25) is 10.1 Å². The first kappa shape index (κ1) is 13.5. The maximum atomic E-state index is 10.7. The van der Waals surface area contributed by atoms with E-state index in [4.69, 9.17) is 0 Å². The minimum Gasteiger partial charge on any atom is -0.350 e.